The summed E-state index contributed by atoms with van der Waals surface area (Å²) in [6.45, 7) is 0.595. The summed E-state index contributed by atoms with van der Waals surface area (Å²) < 4.78 is 0. The van der Waals surface area contributed by atoms with Gasteiger partial charge in [0.05, 0.1) is 5.69 Å². The summed E-state index contributed by atoms with van der Waals surface area (Å²) in [6.07, 6.45) is 4.95. The molecule has 1 aliphatic heterocycles. The first-order valence-corrected chi connectivity index (χ1v) is 8.70. The molecule has 1 aromatic carbocycles. The predicted octanol–water partition coefficient (Wildman–Crippen LogP) is 4.18. The van der Waals surface area contributed by atoms with E-state index in [0.29, 0.717) is 17.4 Å². The van der Waals surface area contributed by atoms with Gasteiger partial charge in [-0.1, -0.05) is 29.8 Å². The first-order chi connectivity index (χ1) is 12.7. The number of rotatable bonds is 2. The van der Waals surface area contributed by atoms with E-state index in [4.69, 9.17) is 16.6 Å². The lowest BCUT2D eigenvalue weighted by atomic mass is 10.0. The highest BCUT2D eigenvalue weighted by Gasteiger charge is 2.25. The third-order valence-corrected chi connectivity index (χ3v) is 4.42. The standard InChI is InChI=1S/C19H16ClN5O/c20-15-6-1-4-14(12-15)16-8-7-13-5-2-11-25(17(13)23-16)19(26)24-18-21-9-3-10-22-18/h1,3-4,6-10,12H,2,5,11H2,(H,21,22,24,26). The molecule has 1 N–H and O–H groups in total. The van der Waals surface area contributed by atoms with Gasteiger partial charge in [-0.2, -0.15) is 0 Å². The number of halogens is 1. The summed E-state index contributed by atoms with van der Waals surface area (Å²) in [7, 11) is 0. The molecular formula is C19H16ClN5O. The maximum absolute atomic E-state index is 12.7. The van der Waals surface area contributed by atoms with Gasteiger partial charge in [0.25, 0.3) is 0 Å². The van der Waals surface area contributed by atoms with E-state index in [1.807, 2.05) is 36.4 Å². The van der Waals surface area contributed by atoms with Crippen LogP contribution in [0.15, 0.2) is 54.9 Å². The van der Waals surface area contributed by atoms with Crippen molar-refractivity contribution in [3.63, 3.8) is 0 Å². The highest BCUT2D eigenvalue weighted by atomic mass is 35.5. The van der Waals surface area contributed by atoms with E-state index in [2.05, 4.69) is 15.3 Å². The number of carbonyl (C=O) groups excluding carboxylic acids is 1. The Labute approximate surface area is 155 Å². The summed E-state index contributed by atoms with van der Waals surface area (Å²) in [6, 6.07) is 12.9. The Bertz CT molecular complexity index is 948. The molecule has 26 heavy (non-hydrogen) atoms. The van der Waals surface area contributed by atoms with Gasteiger partial charge in [0, 0.05) is 29.5 Å². The van der Waals surface area contributed by atoms with Crippen molar-refractivity contribution in [2.75, 3.05) is 16.8 Å². The Morgan fingerprint density at radius 3 is 2.77 bits per heavy atom. The van der Waals surface area contributed by atoms with Crippen LogP contribution in [0.3, 0.4) is 0 Å². The maximum atomic E-state index is 12.7. The average Bonchev–Trinajstić information content (AvgIpc) is 2.68. The minimum atomic E-state index is -0.284. The van der Waals surface area contributed by atoms with E-state index in [1.54, 1.807) is 23.4 Å². The lowest BCUT2D eigenvalue weighted by Crippen LogP contribution is -2.39. The SMILES string of the molecule is O=C(Nc1ncccn1)N1CCCc2ccc(-c3cccc(Cl)c3)nc21. The van der Waals surface area contributed by atoms with E-state index < -0.39 is 0 Å². The first-order valence-electron chi connectivity index (χ1n) is 8.32. The summed E-state index contributed by atoms with van der Waals surface area (Å²) in [4.78, 5) is 27.2. The highest BCUT2D eigenvalue weighted by molar-refractivity contribution is 6.30. The van der Waals surface area contributed by atoms with Crippen molar-refractivity contribution in [2.24, 2.45) is 0 Å². The minimum absolute atomic E-state index is 0.274. The summed E-state index contributed by atoms with van der Waals surface area (Å²) in [5, 5.41) is 3.38. The van der Waals surface area contributed by atoms with Crippen molar-refractivity contribution in [1.82, 2.24) is 15.0 Å². The molecule has 7 heteroatoms. The molecule has 0 fully saturated rings. The number of nitrogens with zero attached hydrogens (tertiary/aromatic N) is 4. The zero-order valence-corrected chi connectivity index (χ0v) is 14.6. The number of anilines is 2. The van der Waals surface area contributed by atoms with Gasteiger partial charge in [-0.15, -0.1) is 0 Å². The molecule has 3 heterocycles. The van der Waals surface area contributed by atoms with Crippen LogP contribution in [-0.2, 0) is 6.42 Å². The number of amides is 2. The molecule has 2 amide bonds. The largest absolute Gasteiger partial charge is 0.329 e. The van der Waals surface area contributed by atoms with E-state index in [-0.39, 0.29) is 12.0 Å². The second-order valence-electron chi connectivity index (χ2n) is 5.95. The van der Waals surface area contributed by atoms with Gasteiger partial charge in [0.2, 0.25) is 5.95 Å². The Morgan fingerprint density at radius 2 is 1.96 bits per heavy atom. The van der Waals surface area contributed by atoms with Crippen LogP contribution in [0.1, 0.15) is 12.0 Å². The monoisotopic (exact) mass is 365 g/mol. The Hall–Kier alpha value is -2.99. The molecule has 6 nitrogen and oxygen atoms in total. The van der Waals surface area contributed by atoms with Crippen molar-refractivity contribution in [3.8, 4) is 11.3 Å². The fourth-order valence-corrected chi connectivity index (χ4v) is 3.16. The molecule has 0 saturated heterocycles. The van der Waals surface area contributed by atoms with Crippen LogP contribution in [0.4, 0.5) is 16.6 Å². The van der Waals surface area contributed by atoms with Gasteiger partial charge in [-0.25, -0.2) is 19.7 Å². The third kappa shape index (κ3) is 3.36. The Kier molecular flexibility index (Phi) is 4.50. The van der Waals surface area contributed by atoms with Gasteiger partial charge in [0.1, 0.15) is 5.82 Å². The lowest BCUT2D eigenvalue weighted by molar-refractivity contribution is 0.256. The summed E-state index contributed by atoms with van der Waals surface area (Å²) in [5.41, 5.74) is 2.74. The molecule has 3 aromatic rings. The molecule has 0 spiro atoms. The number of carbonyl (C=O) groups is 1. The zero-order valence-electron chi connectivity index (χ0n) is 13.9. The van der Waals surface area contributed by atoms with Crippen molar-refractivity contribution >= 4 is 29.4 Å². The van der Waals surface area contributed by atoms with Gasteiger partial charge < -0.3 is 0 Å². The molecule has 0 aliphatic carbocycles. The van der Waals surface area contributed by atoms with E-state index in [0.717, 1.165) is 29.7 Å². The molecule has 0 atom stereocenters. The minimum Gasteiger partial charge on any atom is -0.278 e. The quantitative estimate of drug-likeness (QED) is 0.739. The van der Waals surface area contributed by atoms with Crippen molar-refractivity contribution < 1.29 is 4.79 Å². The number of hydrogen-bond donors (Lipinski definition) is 1. The number of fused-ring (bicyclic) bond motifs is 1. The number of benzene rings is 1. The van der Waals surface area contributed by atoms with Crippen LogP contribution >= 0.6 is 11.6 Å². The van der Waals surface area contributed by atoms with Gasteiger partial charge in [0.15, 0.2) is 0 Å². The fourth-order valence-electron chi connectivity index (χ4n) is 2.97. The Morgan fingerprint density at radius 1 is 1.12 bits per heavy atom. The van der Waals surface area contributed by atoms with Crippen LogP contribution in [0.2, 0.25) is 5.02 Å². The second kappa shape index (κ2) is 7.09. The fraction of sp³-hybridized carbons (Fsp3) is 0.158. The molecule has 2 aromatic heterocycles. The van der Waals surface area contributed by atoms with Crippen LogP contribution in [-0.4, -0.2) is 27.5 Å². The van der Waals surface area contributed by atoms with E-state index in [9.17, 15) is 4.79 Å². The summed E-state index contributed by atoms with van der Waals surface area (Å²) >= 11 is 6.09. The molecule has 0 unspecified atom stereocenters. The first kappa shape index (κ1) is 16.5. The van der Waals surface area contributed by atoms with Crippen molar-refractivity contribution in [3.05, 3.63) is 65.4 Å². The van der Waals surface area contributed by atoms with E-state index >= 15 is 0 Å². The highest BCUT2D eigenvalue weighted by Crippen LogP contribution is 2.30. The number of aryl methyl sites for hydroxylation is 1. The van der Waals surface area contributed by atoms with Crippen LogP contribution < -0.4 is 10.2 Å². The third-order valence-electron chi connectivity index (χ3n) is 4.19. The topological polar surface area (TPSA) is 71.0 Å². The number of urea groups is 1. The average molecular weight is 366 g/mol. The second-order valence-corrected chi connectivity index (χ2v) is 6.38. The van der Waals surface area contributed by atoms with Crippen LogP contribution in [0.25, 0.3) is 11.3 Å². The normalized spacial score (nSPS) is 13.2. The van der Waals surface area contributed by atoms with Gasteiger partial charge in [-0.3, -0.25) is 10.2 Å². The molecule has 0 saturated carbocycles. The number of aromatic nitrogens is 3. The van der Waals surface area contributed by atoms with Crippen LogP contribution in [0.5, 0.6) is 0 Å². The number of pyridine rings is 1. The maximum Gasteiger partial charge on any atom is 0.329 e. The number of nitrogens with one attached hydrogen (secondary N) is 1. The lowest BCUT2D eigenvalue weighted by Gasteiger charge is -2.28. The molecule has 0 bridgehead atoms. The zero-order chi connectivity index (χ0) is 17.9. The molecule has 130 valence electrons. The van der Waals surface area contributed by atoms with Crippen LogP contribution in [0, 0.1) is 0 Å². The van der Waals surface area contributed by atoms with Crippen molar-refractivity contribution in [2.45, 2.75) is 12.8 Å². The number of hydrogen-bond acceptors (Lipinski definition) is 4. The van der Waals surface area contributed by atoms with Gasteiger partial charge >= 0.3 is 6.03 Å². The summed E-state index contributed by atoms with van der Waals surface area (Å²) in [5.74, 6) is 0.942. The molecule has 1 aliphatic rings. The van der Waals surface area contributed by atoms with E-state index in [1.165, 1.54) is 0 Å². The van der Waals surface area contributed by atoms with Gasteiger partial charge in [-0.05, 0) is 42.7 Å². The molecule has 4 rings (SSSR count). The Balaban J connectivity index is 1.66. The smallest absolute Gasteiger partial charge is 0.278 e. The predicted molar refractivity (Wildman–Crippen MR) is 101 cm³/mol. The van der Waals surface area contributed by atoms with Crippen molar-refractivity contribution in [1.29, 1.82) is 0 Å². The molecule has 0 radical (unpaired) electrons. The molecular weight excluding hydrogens is 350 g/mol.